The zero-order chi connectivity index (χ0) is 29.4. The van der Waals surface area contributed by atoms with Crippen LogP contribution in [0.5, 0.6) is 11.5 Å². The molecule has 6 rings (SSSR count). The van der Waals surface area contributed by atoms with Crippen molar-refractivity contribution in [3.8, 4) is 11.5 Å². The van der Waals surface area contributed by atoms with Crippen molar-refractivity contribution >= 4 is 52.5 Å². The van der Waals surface area contributed by atoms with Gasteiger partial charge in [-0.15, -0.1) is 23.2 Å². The Morgan fingerprint density at radius 2 is 1.73 bits per heavy atom. The molecule has 1 N–H and O–H groups in total. The third-order valence-corrected chi connectivity index (χ3v) is 10.4. The van der Waals surface area contributed by atoms with E-state index >= 15 is 0 Å². The molecule has 4 amide bonds. The van der Waals surface area contributed by atoms with Gasteiger partial charge in [-0.2, -0.15) is 0 Å². The second-order valence-corrected chi connectivity index (χ2v) is 12.2. The number of benzene rings is 2. The first-order chi connectivity index (χ1) is 19.5. The van der Waals surface area contributed by atoms with E-state index in [1.165, 1.54) is 30.2 Å². The third kappa shape index (κ3) is 3.57. The molecule has 2 heterocycles. The lowest BCUT2D eigenvalue weighted by Gasteiger charge is -2.50. The minimum Gasteiger partial charge on any atom is -0.504 e. The Hall–Kier alpha value is -3.43. The van der Waals surface area contributed by atoms with Gasteiger partial charge in [0.15, 0.2) is 21.2 Å². The van der Waals surface area contributed by atoms with Crippen molar-refractivity contribution in [3.05, 3.63) is 65.5 Å². The number of carbonyl (C=O) groups excluding carboxylic acids is 4. The minimum absolute atomic E-state index is 0.0838. The number of phenols is 1. The van der Waals surface area contributed by atoms with Crippen molar-refractivity contribution in [2.45, 2.75) is 41.9 Å². The Morgan fingerprint density at radius 3 is 2.39 bits per heavy atom. The van der Waals surface area contributed by atoms with Gasteiger partial charge in [-0.05, 0) is 55.5 Å². The largest absolute Gasteiger partial charge is 0.504 e. The molecule has 41 heavy (non-hydrogen) atoms. The van der Waals surface area contributed by atoms with Gasteiger partial charge in [0, 0.05) is 18.0 Å². The van der Waals surface area contributed by atoms with Gasteiger partial charge in [-0.1, -0.05) is 30.7 Å². The maximum Gasteiger partial charge on any atom is 0.258 e. The summed E-state index contributed by atoms with van der Waals surface area (Å²) < 4.78 is 19.1. The number of ether oxygens (including phenoxy) is 1. The topological polar surface area (TPSA) is 104 Å². The lowest BCUT2D eigenvalue weighted by Crippen LogP contribution is -2.60. The highest BCUT2D eigenvalue weighted by Gasteiger charge is 2.76. The van der Waals surface area contributed by atoms with Crippen molar-refractivity contribution in [2.24, 2.45) is 17.8 Å². The van der Waals surface area contributed by atoms with Crippen LogP contribution in [0, 0.1) is 23.6 Å². The number of aromatic hydroxyl groups is 1. The van der Waals surface area contributed by atoms with Gasteiger partial charge >= 0.3 is 0 Å². The summed E-state index contributed by atoms with van der Waals surface area (Å²) in [6, 6.07) is 9.52. The number of alkyl halides is 2. The molecule has 3 fully saturated rings. The molecule has 2 aromatic rings. The molecular weight excluding hydrogens is 574 g/mol. The standard InChI is InChI=1S/C30H27Cl2FN2O6/c1-3-13-34-25(37)18-12-11-17-20(22(18)26(34)38)14-29(31)27(39)35(16-9-7-15(33)8-10-16)28(40)30(29,32)23(17)19-5-4-6-21(41-2)24(19)36/h4-11,18,20,22-23,36H,3,12-14H2,1-2H3. The summed E-state index contributed by atoms with van der Waals surface area (Å²) in [6.07, 6.45) is 2.43. The Morgan fingerprint density at radius 1 is 1.02 bits per heavy atom. The number of likely N-dealkylation sites (tertiary alicyclic amines) is 1. The fourth-order valence-electron chi connectivity index (χ4n) is 7.19. The molecule has 0 bridgehead atoms. The van der Waals surface area contributed by atoms with Crippen LogP contribution in [-0.4, -0.2) is 57.0 Å². The first-order valence-electron chi connectivity index (χ1n) is 13.4. The lowest BCUT2D eigenvalue weighted by atomic mass is 9.56. The van der Waals surface area contributed by atoms with E-state index in [1.54, 1.807) is 18.2 Å². The van der Waals surface area contributed by atoms with Crippen molar-refractivity contribution in [3.63, 3.8) is 0 Å². The molecule has 1 saturated carbocycles. The fraction of sp³-hybridized carbons (Fsp3) is 0.400. The number of methoxy groups -OCH3 is 1. The number of carbonyl (C=O) groups is 4. The van der Waals surface area contributed by atoms with Crippen LogP contribution >= 0.6 is 23.2 Å². The van der Waals surface area contributed by atoms with E-state index in [2.05, 4.69) is 0 Å². The van der Waals surface area contributed by atoms with E-state index in [-0.39, 0.29) is 54.0 Å². The first-order valence-corrected chi connectivity index (χ1v) is 14.2. The summed E-state index contributed by atoms with van der Waals surface area (Å²) in [6.45, 7) is 2.14. The number of para-hydroxylation sites is 1. The SMILES string of the molecule is CCCN1C(=O)C2CC=C3C(CC4(Cl)C(=O)N(c5ccc(F)cc5)C(=O)C4(Cl)C3c3cccc(OC)c3O)C2C1=O. The van der Waals surface area contributed by atoms with Crippen LogP contribution in [0.2, 0.25) is 0 Å². The van der Waals surface area contributed by atoms with E-state index in [1.807, 2.05) is 6.92 Å². The maximum atomic E-state index is 14.3. The summed E-state index contributed by atoms with van der Waals surface area (Å²) in [4.78, 5) is 53.3. The molecule has 2 aromatic carbocycles. The summed E-state index contributed by atoms with van der Waals surface area (Å²) >= 11 is 14.6. The summed E-state index contributed by atoms with van der Waals surface area (Å²) in [5, 5.41) is 11.3. The zero-order valence-electron chi connectivity index (χ0n) is 22.3. The molecule has 4 aliphatic rings. The number of anilines is 1. The number of hydrogen-bond donors (Lipinski definition) is 1. The minimum atomic E-state index is -2.13. The number of rotatable bonds is 5. The van der Waals surface area contributed by atoms with Crippen LogP contribution in [0.1, 0.15) is 37.7 Å². The number of phenolic OH excluding ortho intramolecular Hbond substituents is 1. The van der Waals surface area contributed by atoms with Crippen LogP contribution < -0.4 is 9.64 Å². The molecule has 0 radical (unpaired) electrons. The highest BCUT2D eigenvalue weighted by Crippen LogP contribution is 2.66. The average molecular weight is 601 g/mol. The first kappa shape index (κ1) is 27.7. The summed E-state index contributed by atoms with van der Waals surface area (Å²) in [5.41, 5.74) is 0.839. The number of nitrogens with zero attached hydrogens (tertiary/aromatic N) is 2. The number of hydrogen-bond acceptors (Lipinski definition) is 6. The van der Waals surface area contributed by atoms with Gasteiger partial charge in [-0.25, -0.2) is 9.29 Å². The molecule has 6 atom stereocenters. The van der Waals surface area contributed by atoms with E-state index in [9.17, 15) is 28.7 Å². The van der Waals surface area contributed by atoms with Crippen LogP contribution in [0.4, 0.5) is 10.1 Å². The molecule has 8 nitrogen and oxygen atoms in total. The molecule has 2 saturated heterocycles. The second-order valence-electron chi connectivity index (χ2n) is 11.0. The summed E-state index contributed by atoms with van der Waals surface area (Å²) in [7, 11) is 1.38. The van der Waals surface area contributed by atoms with Crippen LogP contribution in [0.3, 0.4) is 0 Å². The smallest absolute Gasteiger partial charge is 0.258 e. The Bertz CT molecular complexity index is 1530. The molecule has 214 valence electrons. The monoisotopic (exact) mass is 600 g/mol. The van der Waals surface area contributed by atoms with Gasteiger partial charge in [0.2, 0.25) is 11.8 Å². The predicted octanol–water partition coefficient (Wildman–Crippen LogP) is 4.51. The maximum absolute atomic E-state index is 14.3. The summed E-state index contributed by atoms with van der Waals surface area (Å²) in [5.74, 6) is -6.30. The van der Waals surface area contributed by atoms with Crippen LogP contribution in [0.15, 0.2) is 54.1 Å². The molecule has 0 aromatic heterocycles. The molecule has 0 spiro atoms. The highest BCUT2D eigenvalue weighted by molar-refractivity contribution is 6.58. The number of imide groups is 2. The van der Waals surface area contributed by atoms with Gasteiger partial charge in [0.1, 0.15) is 5.82 Å². The Labute approximate surface area is 245 Å². The molecule has 11 heteroatoms. The van der Waals surface area contributed by atoms with Gasteiger partial charge in [0.25, 0.3) is 11.8 Å². The second kappa shape index (κ2) is 9.56. The van der Waals surface area contributed by atoms with Crippen molar-refractivity contribution in [2.75, 3.05) is 18.6 Å². The Balaban J connectivity index is 1.57. The van der Waals surface area contributed by atoms with Crippen molar-refractivity contribution in [1.29, 1.82) is 0 Å². The van der Waals surface area contributed by atoms with Crippen LogP contribution in [-0.2, 0) is 19.2 Å². The van der Waals surface area contributed by atoms with Gasteiger partial charge < -0.3 is 9.84 Å². The van der Waals surface area contributed by atoms with Gasteiger partial charge in [-0.3, -0.25) is 24.1 Å². The van der Waals surface area contributed by atoms with E-state index in [0.29, 0.717) is 12.0 Å². The predicted molar refractivity (Wildman–Crippen MR) is 148 cm³/mol. The molecule has 2 aliphatic heterocycles. The third-order valence-electron chi connectivity index (χ3n) is 9.00. The van der Waals surface area contributed by atoms with Gasteiger partial charge in [0.05, 0.1) is 24.6 Å². The Kier molecular flexibility index (Phi) is 6.46. The number of allylic oxidation sites excluding steroid dienone is 2. The van der Waals surface area contributed by atoms with Crippen molar-refractivity contribution in [1.82, 2.24) is 4.90 Å². The quantitative estimate of drug-likeness (QED) is 0.307. The van der Waals surface area contributed by atoms with E-state index < -0.39 is 51.1 Å². The fourth-order valence-corrected chi connectivity index (χ4v) is 8.12. The molecular formula is C30H27Cl2FN2O6. The number of halogens is 3. The zero-order valence-corrected chi connectivity index (χ0v) is 23.8. The van der Waals surface area contributed by atoms with E-state index in [4.69, 9.17) is 27.9 Å². The average Bonchev–Trinajstić information content (AvgIpc) is 3.28. The molecule has 2 aliphatic carbocycles. The normalized spacial score (nSPS) is 32.6. The number of amides is 4. The number of fused-ring (bicyclic) bond motifs is 4. The molecule has 6 unspecified atom stereocenters. The van der Waals surface area contributed by atoms with Crippen LogP contribution in [0.25, 0.3) is 0 Å². The lowest BCUT2D eigenvalue weighted by molar-refractivity contribution is -0.140. The highest BCUT2D eigenvalue weighted by atomic mass is 35.5. The van der Waals surface area contributed by atoms with Crippen molar-refractivity contribution < 1.29 is 33.4 Å². The van der Waals surface area contributed by atoms with E-state index in [0.717, 1.165) is 17.0 Å².